The van der Waals surface area contributed by atoms with Gasteiger partial charge in [-0.15, -0.1) is 0 Å². The Morgan fingerprint density at radius 1 is 1.18 bits per heavy atom. The molecule has 1 atom stereocenters. The van der Waals surface area contributed by atoms with Gasteiger partial charge < -0.3 is 9.47 Å². The first-order valence-electron chi connectivity index (χ1n) is 4.56. The van der Waals surface area contributed by atoms with Crippen molar-refractivity contribution >= 4 is 23.7 Å². The minimum Gasteiger partial charge on any atom is -0.463 e. The first kappa shape index (κ1) is 15.8. The van der Waals surface area contributed by atoms with E-state index in [-0.39, 0.29) is 13.2 Å². The number of hydrogen-bond acceptors (Lipinski definition) is 4. The molecular weight excluding hydrogens is 267 g/mol. The number of amides is 1. The second-order valence-electron chi connectivity index (χ2n) is 2.72. The van der Waals surface area contributed by atoms with E-state index in [1.54, 1.807) is 0 Å². The molecule has 0 aliphatic heterocycles. The molecule has 0 radical (unpaired) electrons. The lowest BCUT2D eigenvalue weighted by atomic mass is 10.3. The Kier molecular flexibility index (Phi) is 5.53. The fourth-order valence-corrected chi connectivity index (χ4v) is 0.908. The number of nitrogens with one attached hydrogen (secondary N) is 1. The fraction of sp³-hybridized carbons (Fsp3) is 0.750. The SMILES string of the molecule is CCOC(=O)N[C@](Cl)(C(=O)OCC)C(F)(F)F. The molecule has 0 rings (SSSR count). The minimum absolute atomic E-state index is 0.167. The Hall–Kier alpha value is -1.18. The van der Waals surface area contributed by atoms with Crippen molar-refractivity contribution in [2.45, 2.75) is 25.0 Å². The standard InChI is InChI=1S/C8H11ClF3NO4/c1-3-16-5(14)7(9,8(10,11)12)13-6(15)17-4-2/h3-4H2,1-2H3,(H,13,15)/t7-/m1/s1. The van der Waals surface area contributed by atoms with Gasteiger partial charge in [0.2, 0.25) is 0 Å². The lowest BCUT2D eigenvalue weighted by Gasteiger charge is -2.27. The summed E-state index contributed by atoms with van der Waals surface area (Å²) in [5, 5.41) is 1.22. The Bertz CT molecular complexity index is 297. The predicted molar refractivity (Wildman–Crippen MR) is 51.4 cm³/mol. The van der Waals surface area contributed by atoms with Crippen molar-refractivity contribution in [1.29, 1.82) is 0 Å². The molecule has 0 aliphatic carbocycles. The second kappa shape index (κ2) is 5.95. The Balaban J connectivity index is 4.99. The van der Waals surface area contributed by atoms with Crippen molar-refractivity contribution in [2.75, 3.05) is 13.2 Å². The predicted octanol–water partition coefficient (Wildman–Crippen LogP) is 1.79. The normalized spacial score (nSPS) is 14.7. The van der Waals surface area contributed by atoms with Crippen LogP contribution in [0.15, 0.2) is 0 Å². The smallest absolute Gasteiger partial charge is 0.437 e. The van der Waals surface area contributed by atoms with Gasteiger partial charge in [0.25, 0.3) is 0 Å². The van der Waals surface area contributed by atoms with Crippen molar-refractivity contribution in [3.05, 3.63) is 0 Å². The monoisotopic (exact) mass is 277 g/mol. The Morgan fingerprint density at radius 3 is 2.00 bits per heavy atom. The minimum atomic E-state index is -5.21. The summed E-state index contributed by atoms with van der Waals surface area (Å²) in [6, 6.07) is 0. The Labute approximate surface area is 100 Å². The van der Waals surface area contributed by atoms with E-state index in [0.717, 1.165) is 0 Å². The molecular formula is C8H11ClF3NO4. The van der Waals surface area contributed by atoms with Gasteiger partial charge in [-0.05, 0) is 13.8 Å². The van der Waals surface area contributed by atoms with Gasteiger partial charge in [0.1, 0.15) is 0 Å². The zero-order valence-electron chi connectivity index (χ0n) is 9.06. The molecule has 1 N–H and O–H groups in total. The summed E-state index contributed by atoms with van der Waals surface area (Å²) < 4.78 is 46.1. The topological polar surface area (TPSA) is 64.6 Å². The van der Waals surface area contributed by atoms with Crippen LogP contribution in [0.5, 0.6) is 0 Å². The highest BCUT2D eigenvalue weighted by Gasteiger charge is 2.62. The molecule has 100 valence electrons. The number of ether oxygens (including phenoxy) is 2. The zero-order chi connectivity index (χ0) is 13.7. The third-order valence-corrected chi connectivity index (χ3v) is 1.96. The first-order chi connectivity index (χ1) is 7.69. The van der Waals surface area contributed by atoms with Crippen molar-refractivity contribution in [3.8, 4) is 0 Å². The van der Waals surface area contributed by atoms with Crippen LogP contribution in [0.1, 0.15) is 13.8 Å². The van der Waals surface area contributed by atoms with Crippen molar-refractivity contribution in [3.63, 3.8) is 0 Å². The van der Waals surface area contributed by atoms with Gasteiger partial charge >= 0.3 is 23.2 Å². The highest BCUT2D eigenvalue weighted by molar-refractivity contribution is 6.35. The molecule has 0 saturated carbocycles. The number of esters is 1. The molecule has 5 nitrogen and oxygen atoms in total. The molecule has 0 unspecified atom stereocenters. The summed E-state index contributed by atoms with van der Waals surface area (Å²) in [4.78, 5) is 18.4. The molecule has 0 fully saturated rings. The van der Waals surface area contributed by atoms with Gasteiger partial charge in [-0.1, -0.05) is 11.6 Å². The second-order valence-corrected chi connectivity index (χ2v) is 3.29. The van der Waals surface area contributed by atoms with E-state index in [0.29, 0.717) is 0 Å². The van der Waals surface area contributed by atoms with Crippen molar-refractivity contribution in [2.24, 2.45) is 0 Å². The fourth-order valence-electron chi connectivity index (χ4n) is 0.776. The number of hydrogen-bond donors (Lipinski definition) is 1. The van der Waals surface area contributed by atoms with Crippen LogP contribution in [0.2, 0.25) is 0 Å². The maximum atomic E-state index is 12.6. The van der Waals surface area contributed by atoms with Crippen LogP contribution in [0, 0.1) is 0 Å². The molecule has 1 amide bonds. The van der Waals surface area contributed by atoms with Crippen LogP contribution in [-0.4, -0.2) is 36.5 Å². The van der Waals surface area contributed by atoms with Crippen LogP contribution in [0.4, 0.5) is 18.0 Å². The number of carbonyl (C=O) groups is 2. The van der Waals surface area contributed by atoms with Crippen LogP contribution < -0.4 is 5.32 Å². The van der Waals surface area contributed by atoms with Crippen LogP contribution in [0.3, 0.4) is 0 Å². The lowest BCUT2D eigenvalue weighted by Crippen LogP contribution is -2.60. The highest BCUT2D eigenvalue weighted by atomic mass is 35.5. The van der Waals surface area contributed by atoms with Crippen molar-refractivity contribution in [1.82, 2.24) is 5.32 Å². The first-order valence-corrected chi connectivity index (χ1v) is 4.94. The molecule has 0 heterocycles. The summed E-state index contributed by atoms with van der Waals surface area (Å²) in [6.07, 6.45) is -6.68. The summed E-state index contributed by atoms with van der Waals surface area (Å²) >= 11 is 5.06. The third-order valence-electron chi connectivity index (χ3n) is 1.50. The molecule has 9 heteroatoms. The van der Waals surface area contributed by atoms with Crippen LogP contribution in [0.25, 0.3) is 0 Å². The molecule has 0 bridgehead atoms. The summed E-state index contributed by atoms with van der Waals surface area (Å²) in [5.74, 6) is -1.82. The van der Waals surface area contributed by atoms with Crippen LogP contribution in [-0.2, 0) is 14.3 Å². The number of carbonyl (C=O) groups excluding carboxylic acids is 2. The van der Waals surface area contributed by atoms with Gasteiger partial charge in [-0.2, -0.15) is 13.2 Å². The lowest BCUT2D eigenvalue weighted by molar-refractivity contribution is -0.192. The number of halogens is 4. The number of rotatable bonds is 4. The van der Waals surface area contributed by atoms with E-state index < -0.39 is 23.2 Å². The number of alkyl halides is 4. The van der Waals surface area contributed by atoms with Gasteiger partial charge in [-0.25, -0.2) is 9.59 Å². The quantitative estimate of drug-likeness (QED) is 0.483. The third kappa shape index (κ3) is 3.95. The van der Waals surface area contributed by atoms with Gasteiger partial charge in [0, 0.05) is 0 Å². The van der Waals surface area contributed by atoms with Gasteiger partial charge in [-0.3, -0.25) is 5.32 Å². The van der Waals surface area contributed by atoms with E-state index in [9.17, 15) is 22.8 Å². The molecule has 0 aromatic heterocycles. The maximum Gasteiger partial charge on any atom is 0.437 e. The van der Waals surface area contributed by atoms with Crippen LogP contribution >= 0.6 is 11.6 Å². The molecule has 0 aliphatic rings. The summed E-state index contributed by atoms with van der Waals surface area (Å²) in [5.41, 5.74) is 0. The average Bonchev–Trinajstić information content (AvgIpc) is 2.16. The number of alkyl carbamates (subject to hydrolysis) is 1. The highest BCUT2D eigenvalue weighted by Crippen LogP contribution is 2.35. The molecule has 17 heavy (non-hydrogen) atoms. The molecule has 0 saturated heterocycles. The molecule has 0 spiro atoms. The maximum absolute atomic E-state index is 12.6. The van der Waals surface area contributed by atoms with E-state index >= 15 is 0 Å². The summed E-state index contributed by atoms with van der Waals surface area (Å²) in [6.45, 7) is 2.21. The zero-order valence-corrected chi connectivity index (χ0v) is 9.81. The van der Waals surface area contributed by atoms with E-state index in [1.165, 1.54) is 19.2 Å². The average molecular weight is 278 g/mol. The van der Waals surface area contributed by atoms with Gasteiger partial charge in [0.05, 0.1) is 13.2 Å². The van der Waals surface area contributed by atoms with E-state index in [1.807, 2.05) is 0 Å². The Morgan fingerprint density at radius 2 is 1.65 bits per heavy atom. The van der Waals surface area contributed by atoms with Crippen molar-refractivity contribution < 1.29 is 32.2 Å². The van der Waals surface area contributed by atoms with Gasteiger partial charge in [0.15, 0.2) is 0 Å². The molecule has 0 aromatic rings. The van der Waals surface area contributed by atoms with E-state index in [2.05, 4.69) is 9.47 Å². The van der Waals surface area contributed by atoms with E-state index in [4.69, 9.17) is 11.6 Å². The summed E-state index contributed by atoms with van der Waals surface area (Å²) in [7, 11) is 0. The molecule has 0 aromatic carbocycles. The largest absolute Gasteiger partial charge is 0.463 e.